The van der Waals surface area contributed by atoms with Crippen molar-refractivity contribution in [3.8, 4) is 0 Å². The molecule has 0 unspecified atom stereocenters. The van der Waals surface area contributed by atoms with Gasteiger partial charge in [0.1, 0.15) is 0 Å². The standard InChI is InChI=1S/C20H23N5S.ClH/c1-14-13-18(16-9-5-6-10-17(16)22-14)24-19(25-20-21-11-12-26-20)23-15-7-3-2-4-8-15;/h5-6,9-13,15H,2-4,7-8H2,1H3,(H2,21,22,23,24,25);1H. The summed E-state index contributed by atoms with van der Waals surface area (Å²) in [6.45, 7) is 2.02. The molecule has 2 aromatic heterocycles. The summed E-state index contributed by atoms with van der Waals surface area (Å²) < 4.78 is 0. The van der Waals surface area contributed by atoms with Gasteiger partial charge in [0, 0.05) is 22.7 Å². The maximum Gasteiger partial charge on any atom is 0.202 e. The zero-order valence-electron chi connectivity index (χ0n) is 15.3. The number of aromatic nitrogens is 2. The first kappa shape index (κ1) is 19.6. The summed E-state index contributed by atoms with van der Waals surface area (Å²) in [5.74, 6) is 0.766. The Morgan fingerprint density at radius 3 is 2.74 bits per heavy atom. The van der Waals surface area contributed by atoms with E-state index in [1.807, 2.05) is 30.5 Å². The predicted molar refractivity (Wildman–Crippen MR) is 117 cm³/mol. The third-order valence-corrected chi connectivity index (χ3v) is 5.33. The first-order valence-corrected chi connectivity index (χ1v) is 10.0. The molecule has 0 radical (unpaired) electrons. The van der Waals surface area contributed by atoms with Gasteiger partial charge >= 0.3 is 0 Å². The molecule has 0 amide bonds. The number of halogens is 1. The average Bonchev–Trinajstić information content (AvgIpc) is 3.15. The van der Waals surface area contributed by atoms with Gasteiger partial charge in [0.05, 0.1) is 17.2 Å². The number of guanidine groups is 1. The van der Waals surface area contributed by atoms with Crippen LogP contribution in [-0.2, 0) is 0 Å². The lowest BCUT2D eigenvalue weighted by Crippen LogP contribution is -2.25. The van der Waals surface area contributed by atoms with Gasteiger partial charge < -0.3 is 10.6 Å². The van der Waals surface area contributed by atoms with E-state index in [0.29, 0.717) is 6.04 Å². The highest BCUT2D eigenvalue weighted by molar-refractivity contribution is 7.13. The zero-order chi connectivity index (χ0) is 17.8. The quantitative estimate of drug-likeness (QED) is 0.440. The number of pyridine rings is 1. The lowest BCUT2D eigenvalue weighted by Gasteiger charge is -2.20. The first-order chi connectivity index (χ1) is 12.8. The number of benzene rings is 1. The number of aryl methyl sites for hydroxylation is 1. The summed E-state index contributed by atoms with van der Waals surface area (Å²) in [6.07, 6.45) is 7.95. The Labute approximate surface area is 169 Å². The van der Waals surface area contributed by atoms with Crippen LogP contribution in [0.25, 0.3) is 10.9 Å². The second-order valence-electron chi connectivity index (χ2n) is 6.69. The van der Waals surface area contributed by atoms with Gasteiger partial charge in [-0.25, -0.2) is 9.98 Å². The monoisotopic (exact) mass is 401 g/mol. The minimum absolute atomic E-state index is 0. The molecule has 27 heavy (non-hydrogen) atoms. The molecule has 3 aromatic rings. The number of nitrogens with one attached hydrogen (secondary N) is 2. The highest BCUT2D eigenvalue weighted by atomic mass is 35.5. The highest BCUT2D eigenvalue weighted by Gasteiger charge is 2.15. The molecule has 142 valence electrons. The summed E-state index contributed by atoms with van der Waals surface area (Å²) in [7, 11) is 0. The Morgan fingerprint density at radius 1 is 1.15 bits per heavy atom. The van der Waals surface area contributed by atoms with E-state index in [9.17, 15) is 0 Å². The number of nitrogens with zero attached hydrogens (tertiary/aromatic N) is 3. The second-order valence-corrected chi connectivity index (χ2v) is 7.58. The largest absolute Gasteiger partial charge is 0.325 e. The molecule has 0 atom stereocenters. The fraction of sp³-hybridized carbons (Fsp3) is 0.350. The van der Waals surface area contributed by atoms with Gasteiger partial charge in [-0.15, -0.1) is 23.7 Å². The molecule has 2 heterocycles. The SMILES string of the molecule is Cc1cc(NC(=NC2CCCCC2)Nc2nccs2)c2ccccc2n1.Cl. The van der Waals surface area contributed by atoms with E-state index in [1.54, 1.807) is 17.5 Å². The molecule has 0 saturated heterocycles. The van der Waals surface area contributed by atoms with Crippen LogP contribution in [0.1, 0.15) is 37.8 Å². The van der Waals surface area contributed by atoms with Crippen LogP contribution >= 0.6 is 23.7 Å². The summed E-state index contributed by atoms with van der Waals surface area (Å²) in [6, 6.07) is 10.6. The third kappa shape index (κ3) is 4.96. The molecule has 0 bridgehead atoms. The number of thiazole rings is 1. The van der Waals surface area contributed by atoms with Gasteiger partial charge in [0.25, 0.3) is 0 Å². The topological polar surface area (TPSA) is 62.2 Å². The molecule has 1 aliphatic carbocycles. The maximum absolute atomic E-state index is 4.98. The van der Waals surface area contributed by atoms with E-state index in [2.05, 4.69) is 32.7 Å². The minimum atomic E-state index is 0. The van der Waals surface area contributed by atoms with Crippen LogP contribution in [0.15, 0.2) is 46.9 Å². The molecule has 5 nitrogen and oxygen atoms in total. The van der Waals surface area contributed by atoms with Crippen molar-refractivity contribution >= 4 is 51.4 Å². The second kappa shape index (κ2) is 9.15. The summed E-state index contributed by atoms with van der Waals surface area (Å²) in [5, 5.41) is 10.8. The Bertz CT molecular complexity index is 904. The van der Waals surface area contributed by atoms with Crippen molar-refractivity contribution < 1.29 is 0 Å². The number of hydrogen-bond donors (Lipinski definition) is 2. The predicted octanol–water partition coefficient (Wildman–Crippen LogP) is 5.63. The molecule has 0 aliphatic heterocycles. The summed E-state index contributed by atoms with van der Waals surface area (Å²) >= 11 is 1.58. The van der Waals surface area contributed by atoms with Crippen molar-refractivity contribution in [2.45, 2.75) is 45.1 Å². The molecule has 1 aliphatic rings. The molecule has 2 N–H and O–H groups in total. The highest BCUT2D eigenvalue weighted by Crippen LogP contribution is 2.25. The minimum Gasteiger partial charge on any atom is -0.325 e. The van der Waals surface area contributed by atoms with E-state index < -0.39 is 0 Å². The first-order valence-electron chi connectivity index (χ1n) is 9.16. The van der Waals surface area contributed by atoms with E-state index in [0.717, 1.165) is 46.2 Å². The van der Waals surface area contributed by atoms with Gasteiger partial charge in [-0.05, 0) is 31.9 Å². The van der Waals surface area contributed by atoms with Crippen LogP contribution in [0.2, 0.25) is 0 Å². The molecular weight excluding hydrogens is 378 g/mol. The summed E-state index contributed by atoms with van der Waals surface area (Å²) in [4.78, 5) is 14.0. The van der Waals surface area contributed by atoms with Crippen molar-refractivity contribution in [1.82, 2.24) is 9.97 Å². The smallest absolute Gasteiger partial charge is 0.202 e. The Balaban J connectivity index is 0.00000210. The molecule has 7 heteroatoms. The number of anilines is 2. The van der Waals surface area contributed by atoms with Crippen molar-refractivity contribution in [3.05, 3.63) is 47.6 Å². The third-order valence-electron chi connectivity index (χ3n) is 4.64. The Kier molecular flexibility index (Phi) is 6.63. The fourth-order valence-electron chi connectivity index (χ4n) is 3.41. The van der Waals surface area contributed by atoms with Crippen LogP contribution in [0.4, 0.5) is 10.8 Å². The molecular formula is C20H24ClN5S. The van der Waals surface area contributed by atoms with Gasteiger partial charge in [0.15, 0.2) is 5.13 Å². The Hall–Kier alpha value is -2.18. The Morgan fingerprint density at radius 2 is 1.96 bits per heavy atom. The van der Waals surface area contributed by atoms with Crippen LogP contribution in [-0.4, -0.2) is 22.0 Å². The number of hydrogen-bond acceptors (Lipinski definition) is 4. The number of fused-ring (bicyclic) bond motifs is 1. The van der Waals surface area contributed by atoms with Crippen LogP contribution in [0.5, 0.6) is 0 Å². The molecule has 1 aromatic carbocycles. The average molecular weight is 402 g/mol. The fourth-order valence-corrected chi connectivity index (χ4v) is 3.94. The number of para-hydroxylation sites is 1. The lowest BCUT2D eigenvalue weighted by molar-refractivity contribution is 0.443. The van der Waals surface area contributed by atoms with Crippen LogP contribution in [0.3, 0.4) is 0 Å². The van der Waals surface area contributed by atoms with E-state index in [4.69, 9.17) is 4.99 Å². The van der Waals surface area contributed by atoms with Crippen LogP contribution in [0, 0.1) is 6.92 Å². The van der Waals surface area contributed by atoms with Gasteiger partial charge in [0.2, 0.25) is 5.96 Å². The maximum atomic E-state index is 4.98. The van der Waals surface area contributed by atoms with E-state index in [1.165, 1.54) is 19.3 Å². The molecule has 0 spiro atoms. The lowest BCUT2D eigenvalue weighted by atomic mass is 9.96. The number of rotatable bonds is 3. The number of aliphatic imine (C=N–C) groups is 1. The van der Waals surface area contributed by atoms with E-state index in [-0.39, 0.29) is 12.4 Å². The van der Waals surface area contributed by atoms with Crippen molar-refractivity contribution in [3.63, 3.8) is 0 Å². The van der Waals surface area contributed by atoms with E-state index >= 15 is 0 Å². The van der Waals surface area contributed by atoms with Gasteiger partial charge in [-0.3, -0.25) is 4.98 Å². The van der Waals surface area contributed by atoms with Crippen LogP contribution < -0.4 is 10.6 Å². The molecule has 1 saturated carbocycles. The van der Waals surface area contributed by atoms with Crippen molar-refractivity contribution in [2.75, 3.05) is 10.6 Å². The summed E-state index contributed by atoms with van der Waals surface area (Å²) in [5.41, 5.74) is 2.99. The zero-order valence-corrected chi connectivity index (χ0v) is 16.9. The van der Waals surface area contributed by atoms with Crippen molar-refractivity contribution in [1.29, 1.82) is 0 Å². The molecule has 4 rings (SSSR count). The van der Waals surface area contributed by atoms with Gasteiger partial charge in [-0.1, -0.05) is 37.5 Å². The normalized spacial score (nSPS) is 15.4. The molecule has 1 fully saturated rings. The van der Waals surface area contributed by atoms with Crippen molar-refractivity contribution in [2.24, 2.45) is 4.99 Å². The van der Waals surface area contributed by atoms with Gasteiger partial charge in [-0.2, -0.15) is 0 Å².